The van der Waals surface area contributed by atoms with Crippen molar-refractivity contribution in [3.8, 4) is 0 Å². The number of hydrogen-bond acceptors (Lipinski definition) is 4. The Morgan fingerprint density at radius 3 is 2.33 bits per heavy atom. The summed E-state index contributed by atoms with van der Waals surface area (Å²) in [6, 6.07) is 18.0. The number of rotatable bonds is 10. The van der Waals surface area contributed by atoms with Gasteiger partial charge >= 0.3 is 112 Å². The average Bonchev–Trinajstić information content (AvgIpc) is 2.64. The second-order valence-electron chi connectivity index (χ2n) is 5.55. The monoisotopic (exact) mass is 454 g/mol. The summed E-state index contributed by atoms with van der Waals surface area (Å²) in [4.78, 5) is 0. The van der Waals surface area contributed by atoms with Gasteiger partial charge in [-0.15, -0.1) is 0 Å². The molecule has 4 N–H and O–H groups in total. The van der Waals surface area contributed by atoms with Gasteiger partial charge in [0.25, 0.3) is 0 Å². The molecule has 24 heavy (non-hydrogen) atoms. The predicted octanol–water partition coefficient (Wildman–Crippen LogP) is 2.07. The third-order valence-corrected chi connectivity index (χ3v) is 7.57. The first-order valence-corrected chi connectivity index (χ1v) is 14.4. The van der Waals surface area contributed by atoms with Gasteiger partial charge in [-0.3, -0.25) is 0 Å². The van der Waals surface area contributed by atoms with Crippen molar-refractivity contribution >= 4 is 36.4 Å². The van der Waals surface area contributed by atoms with Gasteiger partial charge in [0.1, 0.15) is 0 Å². The number of alkyl halides is 1. The summed E-state index contributed by atoms with van der Waals surface area (Å²) >= 11 is 1.83. The fourth-order valence-corrected chi connectivity index (χ4v) is 3.66. The first-order valence-electron chi connectivity index (χ1n) is 8.00. The minimum absolute atomic E-state index is 0.0680. The third kappa shape index (κ3) is 7.10. The van der Waals surface area contributed by atoms with Crippen molar-refractivity contribution in [3.05, 3.63) is 65.7 Å². The Morgan fingerprint density at radius 2 is 1.67 bits per heavy atom. The number of aliphatic hydroxyl groups excluding tert-OH is 2. The van der Waals surface area contributed by atoms with Gasteiger partial charge in [-0.05, 0) is 5.56 Å². The van der Waals surface area contributed by atoms with Crippen LogP contribution in [-0.2, 0) is 6.42 Å². The molecular formula is C18H24AlIN2O2. The van der Waals surface area contributed by atoms with Crippen molar-refractivity contribution < 1.29 is 10.2 Å². The van der Waals surface area contributed by atoms with Crippen LogP contribution in [0, 0.1) is 0 Å². The SMILES string of the molecule is OC(CNCCc1ccc(NCC(O)c2ccccc2)cc1)[I]=[AlH]. The van der Waals surface area contributed by atoms with Crippen LogP contribution < -0.4 is 10.6 Å². The summed E-state index contributed by atoms with van der Waals surface area (Å²) < 4.78 is -0.134. The van der Waals surface area contributed by atoms with E-state index in [9.17, 15) is 10.2 Å². The van der Waals surface area contributed by atoms with Crippen LogP contribution in [0.2, 0.25) is 0 Å². The molecule has 6 heteroatoms. The molecule has 2 atom stereocenters. The van der Waals surface area contributed by atoms with Crippen LogP contribution >= 0.6 is 18.3 Å². The van der Waals surface area contributed by atoms with E-state index in [2.05, 4.69) is 22.8 Å². The summed E-state index contributed by atoms with van der Waals surface area (Å²) in [5.74, 6) is 0. The van der Waals surface area contributed by atoms with E-state index in [-0.39, 0.29) is 22.4 Å². The quantitative estimate of drug-likeness (QED) is 0.192. The van der Waals surface area contributed by atoms with Crippen LogP contribution in [0.1, 0.15) is 17.2 Å². The molecule has 0 heterocycles. The van der Waals surface area contributed by atoms with Gasteiger partial charge in [-0.25, -0.2) is 0 Å². The fraction of sp³-hybridized carbons (Fsp3) is 0.333. The average molecular weight is 454 g/mol. The molecule has 0 aliphatic heterocycles. The first kappa shape index (κ1) is 19.7. The number of nitrogens with one attached hydrogen (secondary N) is 2. The normalized spacial score (nSPS) is 13.4. The summed E-state index contributed by atoms with van der Waals surface area (Å²) in [7, 11) is 0. The van der Waals surface area contributed by atoms with Crippen LogP contribution in [0.4, 0.5) is 5.69 Å². The molecular weight excluding hydrogens is 430 g/mol. The van der Waals surface area contributed by atoms with Crippen LogP contribution in [0.15, 0.2) is 54.6 Å². The van der Waals surface area contributed by atoms with E-state index in [0.717, 1.165) is 24.2 Å². The second-order valence-corrected chi connectivity index (χ2v) is 9.94. The molecule has 0 saturated carbocycles. The fourth-order valence-electron chi connectivity index (χ4n) is 2.31. The molecule has 2 rings (SSSR count). The Kier molecular flexibility index (Phi) is 9.10. The van der Waals surface area contributed by atoms with Crippen molar-refractivity contribution in [1.29, 1.82) is 0 Å². The van der Waals surface area contributed by atoms with E-state index in [1.165, 1.54) is 5.56 Å². The summed E-state index contributed by atoms with van der Waals surface area (Å²) in [6.45, 7) is 2.07. The Bertz CT molecular complexity index is 610. The van der Waals surface area contributed by atoms with Crippen molar-refractivity contribution in [2.45, 2.75) is 16.6 Å². The van der Waals surface area contributed by atoms with Crippen LogP contribution in [0.25, 0.3) is 0 Å². The molecule has 0 saturated heterocycles. The third-order valence-electron chi connectivity index (χ3n) is 3.72. The zero-order valence-electron chi connectivity index (χ0n) is 13.7. The minimum atomic E-state index is -0.511. The number of anilines is 1. The molecule has 0 radical (unpaired) electrons. The van der Waals surface area contributed by atoms with Crippen molar-refractivity contribution in [2.75, 3.05) is 25.0 Å². The predicted molar refractivity (Wildman–Crippen MR) is 110 cm³/mol. The molecule has 4 nitrogen and oxygen atoms in total. The van der Waals surface area contributed by atoms with Crippen molar-refractivity contribution in [3.63, 3.8) is 0 Å². The molecule has 0 fully saturated rings. The van der Waals surface area contributed by atoms with E-state index in [1.54, 1.807) is 0 Å². The van der Waals surface area contributed by atoms with Gasteiger partial charge in [0, 0.05) is 0 Å². The number of benzene rings is 2. The van der Waals surface area contributed by atoms with Crippen molar-refractivity contribution in [1.82, 2.24) is 5.32 Å². The van der Waals surface area contributed by atoms with Gasteiger partial charge in [-0.1, -0.05) is 30.3 Å². The zero-order valence-corrected chi connectivity index (χ0v) is 17.2. The standard InChI is InChI=1S/C18H23IN2O2.Al.H/c19-18(23)13-20-11-10-14-6-8-16(9-7-14)21-12-17(22)15-4-2-1-3-5-15;;/h1-9,17-18,20-23H,10-13H2;;. The number of hydrogen-bond donors (Lipinski definition) is 4. The molecule has 2 aromatic carbocycles. The van der Waals surface area contributed by atoms with Gasteiger partial charge in [0.2, 0.25) is 0 Å². The first-order chi connectivity index (χ1) is 11.7. The molecule has 128 valence electrons. The topological polar surface area (TPSA) is 64.5 Å². The Balaban J connectivity index is 1.73. The maximum absolute atomic E-state index is 10.2. The summed E-state index contributed by atoms with van der Waals surface area (Å²) in [5, 5.41) is 26.3. The Hall–Kier alpha value is -0.618. The molecule has 0 aliphatic rings. The molecule has 2 aromatic rings. The second kappa shape index (κ2) is 11.1. The van der Waals surface area contributed by atoms with E-state index >= 15 is 0 Å². The van der Waals surface area contributed by atoms with Crippen LogP contribution in [-0.4, -0.2) is 46.4 Å². The molecule has 0 spiro atoms. The summed E-state index contributed by atoms with van der Waals surface area (Å²) in [6.07, 6.45) is 0.438. The Morgan fingerprint density at radius 1 is 0.958 bits per heavy atom. The Labute approximate surface area is 158 Å². The molecule has 0 aromatic heterocycles. The van der Waals surface area contributed by atoms with E-state index in [4.69, 9.17) is 0 Å². The van der Waals surface area contributed by atoms with Gasteiger partial charge in [0.05, 0.1) is 6.10 Å². The van der Waals surface area contributed by atoms with Gasteiger partial charge < -0.3 is 5.11 Å². The molecule has 0 bridgehead atoms. The number of aliphatic hydroxyl groups is 2. The van der Waals surface area contributed by atoms with E-state index in [0.29, 0.717) is 13.1 Å². The molecule has 0 aliphatic carbocycles. The molecule has 2 unspecified atom stereocenters. The van der Waals surface area contributed by atoms with Gasteiger partial charge in [-0.2, -0.15) is 0 Å². The maximum atomic E-state index is 10.2. The van der Waals surface area contributed by atoms with Crippen molar-refractivity contribution in [2.24, 2.45) is 0 Å². The van der Waals surface area contributed by atoms with Gasteiger partial charge in [0.15, 0.2) is 0 Å². The van der Waals surface area contributed by atoms with E-state index < -0.39 is 6.10 Å². The van der Waals surface area contributed by atoms with Crippen LogP contribution in [0.5, 0.6) is 0 Å². The summed E-state index contributed by atoms with van der Waals surface area (Å²) in [5.41, 5.74) is 3.19. The zero-order chi connectivity index (χ0) is 17.2. The molecule has 0 amide bonds. The van der Waals surface area contributed by atoms with E-state index in [1.807, 2.05) is 54.9 Å². The van der Waals surface area contributed by atoms with Crippen LogP contribution in [0.3, 0.4) is 0 Å². The number of halogens is 1.